The highest BCUT2D eigenvalue weighted by Crippen LogP contribution is 2.27. The van der Waals surface area contributed by atoms with Crippen LogP contribution in [-0.2, 0) is 7.05 Å². The molecule has 0 saturated heterocycles. The van der Waals surface area contributed by atoms with Gasteiger partial charge >= 0.3 is 0 Å². The van der Waals surface area contributed by atoms with Crippen LogP contribution in [0.4, 0.5) is 0 Å². The van der Waals surface area contributed by atoms with Gasteiger partial charge in [0.25, 0.3) is 17.4 Å². The normalized spacial score (nSPS) is 10.4. The Morgan fingerprint density at radius 2 is 1.73 bits per heavy atom. The van der Waals surface area contributed by atoms with Crippen molar-refractivity contribution in [2.45, 2.75) is 6.92 Å². The number of rotatable bonds is 3. The predicted molar refractivity (Wildman–Crippen MR) is 96.7 cm³/mol. The maximum atomic E-state index is 12.3. The van der Waals surface area contributed by atoms with Gasteiger partial charge in [-0.2, -0.15) is 5.10 Å². The van der Waals surface area contributed by atoms with Gasteiger partial charge in [0.15, 0.2) is 5.69 Å². The summed E-state index contributed by atoms with van der Waals surface area (Å²) in [4.78, 5) is 40.5. The van der Waals surface area contributed by atoms with Crippen molar-refractivity contribution in [2.24, 2.45) is 7.05 Å². The van der Waals surface area contributed by atoms with E-state index in [-0.39, 0.29) is 11.3 Å². The number of carbonyl (C=O) groups excluding carboxylic acids is 2. The molecule has 1 aromatic carbocycles. The number of hydrogen-bond acceptors (Lipinski definition) is 6. The number of hydrazine groups is 1. The van der Waals surface area contributed by atoms with E-state index in [9.17, 15) is 14.4 Å². The second-order valence-electron chi connectivity index (χ2n) is 5.39. The fourth-order valence-corrected chi connectivity index (χ4v) is 3.14. The minimum Gasteiger partial charge on any atom is -0.268 e. The Kier molecular flexibility index (Phi) is 4.90. The van der Waals surface area contributed by atoms with Crippen molar-refractivity contribution in [1.82, 2.24) is 25.6 Å². The van der Waals surface area contributed by atoms with Gasteiger partial charge in [0, 0.05) is 18.7 Å². The van der Waals surface area contributed by atoms with Crippen LogP contribution in [0.1, 0.15) is 25.9 Å². The Morgan fingerprint density at radius 1 is 1.04 bits per heavy atom. The average Bonchev–Trinajstić information content (AvgIpc) is 3.04. The summed E-state index contributed by atoms with van der Waals surface area (Å²) in [6.45, 7) is 1.73. The molecule has 0 unspecified atom stereocenters. The molecule has 0 aliphatic heterocycles. The van der Waals surface area contributed by atoms with Crippen molar-refractivity contribution in [2.75, 3.05) is 0 Å². The van der Waals surface area contributed by atoms with Crippen molar-refractivity contribution in [1.29, 1.82) is 0 Å². The summed E-state index contributed by atoms with van der Waals surface area (Å²) in [6, 6.07) is 12.0. The lowest BCUT2D eigenvalue weighted by Gasteiger charge is -2.06. The van der Waals surface area contributed by atoms with Crippen LogP contribution >= 0.6 is 11.3 Å². The molecule has 0 bridgehead atoms. The number of amides is 2. The number of carbonyl (C=O) groups is 2. The first-order chi connectivity index (χ1) is 12.5. The molecule has 0 aliphatic carbocycles. The predicted octanol–water partition coefficient (Wildman–Crippen LogP) is 1.29. The van der Waals surface area contributed by atoms with Gasteiger partial charge in [0.05, 0.1) is 5.69 Å². The van der Waals surface area contributed by atoms with Crippen molar-refractivity contribution in [3.8, 4) is 10.6 Å². The van der Waals surface area contributed by atoms with Gasteiger partial charge in [0.1, 0.15) is 9.88 Å². The molecule has 0 fully saturated rings. The second-order valence-corrected chi connectivity index (χ2v) is 6.39. The standard InChI is InChI=1S/C17H15N5O3S/c1-10-14(26-17(18-10)11-6-4-3-5-7-11)16(25)20-19-15(24)12-8-9-13(23)22(2)21-12/h3-9H,1-2H3,(H,19,24)(H,20,25). The third kappa shape index (κ3) is 3.67. The lowest BCUT2D eigenvalue weighted by atomic mass is 10.2. The fourth-order valence-electron chi connectivity index (χ4n) is 2.17. The maximum Gasteiger partial charge on any atom is 0.290 e. The Morgan fingerprint density at radius 3 is 2.42 bits per heavy atom. The van der Waals surface area contributed by atoms with E-state index in [2.05, 4.69) is 20.9 Å². The number of aromatic nitrogens is 3. The van der Waals surface area contributed by atoms with Crippen LogP contribution in [0.2, 0.25) is 0 Å². The van der Waals surface area contributed by atoms with Gasteiger partial charge in [-0.3, -0.25) is 25.2 Å². The molecule has 0 radical (unpaired) electrons. The zero-order valence-corrected chi connectivity index (χ0v) is 14.8. The fraction of sp³-hybridized carbons (Fsp3) is 0.118. The van der Waals surface area contributed by atoms with Gasteiger partial charge in [-0.15, -0.1) is 11.3 Å². The summed E-state index contributed by atoms with van der Waals surface area (Å²) >= 11 is 1.24. The lowest BCUT2D eigenvalue weighted by molar-refractivity contribution is 0.0844. The molecular formula is C17H15N5O3S. The average molecular weight is 369 g/mol. The molecular weight excluding hydrogens is 354 g/mol. The molecule has 2 amide bonds. The summed E-state index contributed by atoms with van der Waals surface area (Å²) in [5, 5.41) is 4.54. The Hall–Kier alpha value is -3.33. The lowest BCUT2D eigenvalue weighted by Crippen LogP contribution is -2.42. The Balaban J connectivity index is 1.70. The van der Waals surface area contributed by atoms with E-state index in [0.717, 1.165) is 15.3 Å². The molecule has 3 aromatic rings. The highest BCUT2D eigenvalue weighted by Gasteiger charge is 2.17. The van der Waals surface area contributed by atoms with Crippen LogP contribution < -0.4 is 16.4 Å². The SMILES string of the molecule is Cc1nc(-c2ccccc2)sc1C(=O)NNC(=O)c1ccc(=O)n(C)n1. The highest BCUT2D eigenvalue weighted by atomic mass is 32.1. The summed E-state index contributed by atoms with van der Waals surface area (Å²) in [5.74, 6) is -1.10. The first-order valence-corrected chi connectivity index (χ1v) is 8.45. The van der Waals surface area contributed by atoms with E-state index in [4.69, 9.17) is 0 Å². The van der Waals surface area contributed by atoms with E-state index in [0.29, 0.717) is 10.6 Å². The molecule has 2 heterocycles. The monoisotopic (exact) mass is 369 g/mol. The molecule has 26 heavy (non-hydrogen) atoms. The summed E-state index contributed by atoms with van der Waals surface area (Å²) in [7, 11) is 1.43. The van der Waals surface area contributed by atoms with Crippen LogP contribution in [0.3, 0.4) is 0 Å². The number of thiazole rings is 1. The molecule has 2 aromatic heterocycles. The molecule has 8 nitrogen and oxygen atoms in total. The van der Waals surface area contributed by atoms with Gasteiger partial charge < -0.3 is 0 Å². The minimum atomic E-state index is -0.626. The van der Waals surface area contributed by atoms with E-state index < -0.39 is 11.8 Å². The molecule has 132 valence electrons. The van der Waals surface area contributed by atoms with Gasteiger partial charge in [-0.1, -0.05) is 30.3 Å². The third-order valence-corrected chi connectivity index (χ3v) is 4.71. The Labute approximate surface area is 152 Å². The van der Waals surface area contributed by atoms with Crippen molar-refractivity contribution >= 4 is 23.2 Å². The topological polar surface area (TPSA) is 106 Å². The quantitative estimate of drug-likeness (QED) is 0.677. The highest BCUT2D eigenvalue weighted by molar-refractivity contribution is 7.17. The van der Waals surface area contributed by atoms with Gasteiger partial charge in [-0.25, -0.2) is 9.67 Å². The van der Waals surface area contributed by atoms with Gasteiger partial charge in [0.2, 0.25) is 0 Å². The molecule has 9 heteroatoms. The first-order valence-electron chi connectivity index (χ1n) is 7.63. The number of hydrogen-bond donors (Lipinski definition) is 2. The number of nitrogens with zero attached hydrogens (tertiary/aromatic N) is 3. The van der Waals surface area contributed by atoms with Crippen LogP contribution in [0.15, 0.2) is 47.3 Å². The van der Waals surface area contributed by atoms with Crippen LogP contribution in [0.5, 0.6) is 0 Å². The van der Waals surface area contributed by atoms with Gasteiger partial charge in [-0.05, 0) is 13.0 Å². The zero-order valence-electron chi connectivity index (χ0n) is 14.0. The van der Waals surface area contributed by atoms with E-state index >= 15 is 0 Å². The van der Waals surface area contributed by atoms with Crippen molar-refractivity contribution in [3.05, 3.63) is 69.1 Å². The first kappa shape index (κ1) is 17.5. The molecule has 2 N–H and O–H groups in total. The largest absolute Gasteiger partial charge is 0.290 e. The number of nitrogens with one attached hydrogen (secondary N) is 2. The molecule has 0 saturated carbocycles. The smallest absolute Gasteiger partial charge is 0.268 e. The Bertz CT molecular complexity index is 1030. The maximum absolute atomic E-state index is 12.3. The third-order valence-electron chi connectivity index (χ3n) is 3.51. The zero-order chi connectivity index (χ0) is 18.7. The van der Waals surface area contributed by atoms with Crippen molar-refractivity contribution in [3.63, 3.8) is 0 Å². The van der Waals surface area contributed by atoms with E-state index in [1.165, 1.54) is 30.5 Å². The van der Waals surface area contributed by atoms with E-state index in [1.807, 2.05) is 30.3 Å². The number of aryl methyl sites for hydroxylation is 2. The summed E-state index contributed by atoms with van der Waals surface area (Å²) in [6.07, 6.45) is 0. The number of benzene rings is 1. The molecule has 0 spiro atoms. The van der Waals surface area contributed by atoms with Crippen LogP contribution in [-0.4, -0.2) is 26.6 Å². The molecule has 3 rings (SSSR count). The van der Waals surface area contributed by atoms with E-state index in [1.54, 1.807) is 6.92 Å². The van der Waals surface area contributed by atoms with Crippen LogP contribution in [0, 0.1) is 6.92 Å². The minimum absolute atomic E-state index is 0.0124. The molecule has 0 aliphatic rings. The summed E-state index contributed by atoms with van der Waals surface area (Å²) in [5.41, 5.74) is 5.79. The second kappa shape index (κ2) is 7.28. The molecule has 0 atom stereocenters. The van der Waals surface area contributed by atoms with Crippen LogP contribution in [0.25, 0.3) is 10.6 Å². The summed E-state index contributed by atoms with van der Waals surface area (Å²) < 4.78 is 1.04. The van der Waals surface area contributed by atoms with Crippen molar-refractivity contribution < 1.29 is 9.59 Å².